The van der Waals surface area contributed by atoms with Crippen LogP contribution in [0.1, 0.15) is 51.4 Å². The highest BCUT2D eigenvalue weighted by molar-refractivity contribution is 6.09. The van der Waals surface area contributed by atoms with E-state index in [0.717, 1.165) is 16.6 Å². The highest BCUT2D eigenvalue weighted by Crippen LogP contribution is 2.46. The number of aryl methyl sites for hydroxylation is 2. The van der Waals surface area contributed by atoms with Gasteiger partial charge in [0.15, 0.2) is 5.76 Å². The van der Waals surface area contributed by atoms with Gasteiger partial charge >= 0.3 is 23.9 Å². The standard InChI is InChI=1S/C22H20F7N3O3/c1-10-6-4-7-13(11(10)2)30-18(33)17-12(3)16-14(8-5-9-15(16)35-17)31-32-19(34)20(23,24)21(25,26)22(27,28)29/h4,6-7H,5,8-9H2,1-3H3,(H,30,33)(H,32,34)/b31-14+. The molecule has 1 aliphatic carbocycles. The van der Waals surface area contributed by atoms with Crippen LogP contribution in [0.3, 0.4) is 0 Å². The summed E-state index contributed by atoms with van der Waals surface area (Å²) < 4.78 is 95.9. The number of hydrazone groups is 1. The van der Waals surface area contributed by atoms with Gasteiger partial charge in [-0.1, -0.05) is 12.1 Å². The third-order valence-corrected chi connectivity index (χ3v) is 5.71. The number of hydrogen-bond donors (Lipinski definition) is 2. The maximum absolute atomic E-state index is 13.6. The van der Waals surface area contributed by atoms with Crippen LogP contribution in [0, 0.1) is 20.8 Å². The number of alkyl halides is 7. The van der Waals surface area contributed by atoms with Crippen molar-refractivity contribution in [1.82, 2.24) is 5.43 Å². The molecule has 190 valence electrons. The molecule has 0 atom stereocenters. The van der Waals surface area contributed by atoms with Gasteiger partial charge in [0, 0.05) is 23.2 Å². The van der Waals surface area contributed by atoms with E-state index in [4.69, 9.17) is 4.42 Å². The summed E-state index contributed by atoms with van der Waals surface area (Å²) in [4.78, 5) is 24.4. The lowest BCUT2D eigenvalue weighted by Crippen LogP contribution is -2.58. The van der Waals surface area contributed by atoms with Crippen molar-refractivity contribution in [2.24, 2.45) is 5.10 Å². The molecule has 1 heterocycles. The first-order valence-corrected chi connectivity index (χ1v) is 10.3. The smallest absolute Gasteiger partial charge is 0.455 e. The van der Waals surface area contributed by atoms with E-state index in [1.54, 1.807) is 19.1 Å². The fourth-order valence-corrected chi connectivity index (χ4v) is 3.57. The molecule has 1 aromatic carbocycles. The number of furan rings is 1. The Kier molecular flexibility index (Phi) is 6.75. The van der Waals surface area contributed by atoms with Crippen LogP contribution >= 0.6 is 0 Å². The van der Waals surface area contributed by atoms with E-state index in [2.05, 4.69) is 10.4 Å². The van der Waals surface area contributed by atoms with Crippen molar-refractivity contribution in [3.63, 3.8) is 0 Å². The predicted molar refractivity (Wildman–Crippen MR) is 111 cm³/mol. The number of carbonyl (C=O) groups excluding carboxylic acids is 2. The topological polar surface area (TPSA) is 83.7 Å². The summed E-state index contributed by atoms with van der Waals surface area (Å²) in [6, 6.07) is 5.27. The molecule has 6 nitrogen and oxygen atoms in total. The second-order valence-electron chi connectivity index (χ2n) is 8.06. The Morgan fingerprint density at radius 1 is 0.971 bits per heavy atom. The Bertz CT molecular complexity index is 1200. The van der Waals surface area contributed by atoms with Crippen LogP contribution in [0.2, 0.25) is 0 Å². The van der Waals surface area contributed by atoms with Gasteiger partial charge < -0.3 is 9.73 Å². The number of nitrogens with zero attached hydrogens (tertiary/aromatic N) is 1. The van der Waals surface area contributed by atoms with Gasteiger partial charge in [0.25, 0.3) is 5.91 Å². The molecular formula is C22H20F7N3O3. The average molecular weight is 507 g/mol. The molecular weight excluding hydrogens is 487 g/mol. The second kappa shape index (κ2) is 9.00. The lowest BCUT2D eigenvalue weighted by molar-refractivity contribution is -0.344. The first-order chi connectivity index (χ1) is 16.1. The van der Waals surface area contributed by atoms with Crippen LogP contribution in [-0.2, 0) is 11.2 Å². The van der Waals surface area contributed by atoms with Gasteiger partial charge in [-0.05, 0) is 50.8 Å². The molecule has 0 saturated carbocycles. The Balaban J connectivity index is 1.87. The van der Waals surface area contributed by atoms with Gasteiger partial charge in [0.2, 0.25) is 0 Å². The Labute approximate surface area is 194 Å². The summed E-state index contributed by atoms with van der Waals surface area (Å²) in [6.45, 7) is 5.12. The number of nitrogens with one attached hydrogen (secondary N) is 2. The van der Waals surface area contributed by atoms with E-state index in [0.29, 0.717) is 18.5 Å². The molecule has 0 saturated heterocycles. The number of halogens is 7. The predicted octanol–water partition coefficient (Wildman–Crippen LogP) is 5.45. The fraction of sp³-hybridized carbons (Fsp3) is 0.409. The highest BCUT2D eigenvalue weighted by atomic mass is 19.4. The van der Waals surface area contributed by atoms with Gasteiger partial charge in [-0.25, -0.2) is 5.43 Å². The van der Waals surface area contributed by atoms with Gasteiger partial charge in [0.05, 0.1) is 5.71 Å². The average Bonchev–Trinajstić information content (AvgIpc) is 3.11. The van der Waals surface area contributed by atoms with E-state index in [1.807, 2.05) is 13.0 Å². The summed E-state index contributed by atoms with van der Waals surface area (Å²) in [6.07, 6.45) is -5.94. The number of rotatable bonds is 5. The van der Waals surface area contributed by atoms with Crippen molar-refractivity contribution < 1.29 is 44.7 Å². The molecule has 2 N–H and O–H groups in total. The third-order valence-electron chi connectivity index (χ3n) is 5.71. The monoisotopic (exact) mass is 507 g/mol. The number of amides is 2. The van der Waals surface area contributed by atoms with Crippen molar-refractivity contribution in [3.8, 4) is 0 Å². The number of carbonyl (C=O) groups is 2. The van der Waals surface area contributed by atoms with E-state index >= 15 is 0 Å². The van der Waals surface area contributed by atoms with Gasteiger partial charge in [0.1, 0.15) is 5.76 Å². The maximum Gasteiger partial charge on any atom is 0.460 e. The highest BCUT2D eigenvalue weighted by Gasteiger charge is 2.76. The van der Waals surface area contributed by atoms with E-state index in [1.165, 1.54) is 6.92 Å². The normalized spacial score (nSPS) is 15.7. The molecule has 0 spiro atoms. The molecule has 0 fully saturated rings. The Morgan fingerprint density at radius 2 is 1.63 bits per heavy atom. The minimum Gasteiger partial charge on any atom is -0.455 e. The maximum atomic E-state index is 13.6. The number of benzene rings is 1. The molecule has 0 bridgehead atoms. The lowest BCUT2D eigenvalue weighted by Gasteiger charge is -2.26. The zero-order valence-corrected chi connectivity index (χ0v) is 18.7. The summed E-state index contributed by atoms with van der Waals surface area (Å²) in [5.74, 6) is -16.1. The quantitative estimate of drug-likeness (QED) is 0.417. The molecule has 0 aliphatic heterocycles. The third kappa shape index (κ3) is 4.63. The van der Waals surface area contributed by atoms with Crippen molar-refractivity contribution in [2.75, 3.05) is 5.32 Å². The number of hydrogen-bond acceptors (Lipinski definition) is 4. The SMILES string of the molecule is Cc1cccc(NC(=O)c2oc3c(c2C)/C(=N/NC(=O)C(F)(F)C(F)(F)C(F)(F)F)CCC3)c1C. The molecule has 13 heteroatoms. The fourth-order valence-electron chi connectivity index (χ4n) is 3.57. The van der Waals surface area contributed by atoms with Crippen LogP contribution in [0.15, 0.2) is 27.7 Å². The van der Waals surface area contributed by atoms with E-state index < -0.39 is 29.8 Å². The van der Waals surface area contributed by atoms with Crippen molar-refractivity contribution in [1.29, 1.82) is 0 Å². The summed E-state index contributed by atoms with van der Waals surface area (Å²) in [7, 11) is 0. The van der Waals surface area contributed by atoms with Gasteiger partial charge in [-0.3, -0.25) is 9.59 Å². The Hall–Kier alpha value is -3.38. The van der Waals surface area contributed by atoms with Crippen LogP contribution in [0.5, 0.6) is 0 Å². The van der Waals surface area contributed by atoms with Crippen molar-refractivity contribution in [3.05, 3.63) is 52.0 Å². The summed E-state index contributed by atoms with van der Waals surface area (Å²) in [5, 5.41) is 6.08. The van der Waals surface area contributed by atoms with Crippen molar-refractivity contribution in [2.45, 2.75) is 58.1 Å². The number of fused-ring (bicyclic) bond motifs is 1. The van der Waals surface area contributed by atoms with Crippen LogP contribution in [0.25, 0.3) is 0 Å². The van der Waals surface area contributed by atoms with E-state index in [-0.39, 0.29) is 34.8 Å². The molecule has 1 aromatic heterocycles. The minimum atomic E-state index is -6.65. The lowest BCUT2D eigenvalue weighted by atomic mass is 9.93. The molecule has 2 aromatic rings. The largest absolute Gasteiger partial charge is 0.460 e. The summed E-state index contributed by atoms with van der Waals surface area (Å²) >= 11 is 0. The zero-order valence-electron chi connectivity index (χ0n) is 18.7. The first-order valence-electron chi connectivity index (χ1n) is 10.3. The Morgan fingerprint density at radius 3 is 2.26 bits per heavy atom. The minimum absolute atomic E-state index is 0.0624. The van der Waals surface area contributed by atoms with Crippen LogP contribution < -0.4 is 10.7 Å². The molecule has 2 amide bonds. The zero-order chi connectivity index (χ0) is 26.3. The van der Waals surface area contributed by atoms with E-state index in [9.17, 15) is 40.3 Å². The van der Waals surface area contributed by atoms with Crippen LogP contribution in [-0.4, -0.2) is 35.5 Å². The molecule has 0 radical (unpaired) electrons. The summed E-state index contributed by atoms with van der Waals surface area (Å²) in [5.41, 5.74) is 3.70. The van der Waals surface area contributed by atoms with Crippen LogP contribution in [0.4, 0.5) is 36.4 Å². The first kappa shape index (κ1) is 26.2. The molecule has 3 rings (SSSR count). The van der Waals surface area contributed by atoms with Gasteiger partial charge in [-0.2, -0.15) is 35.8 Å². The van der Waals surface area contributed by atoms with Gasteiger partial charge in [-0.15, -0.1) is 0 Å². The molecule has 1 aliphatic rings. The molecule has 0 unspecified atom stereocenters. The molecule has 35 heavy (non-hydrogen) atoms. The van der Waals surface area contributed by atoms with Crippen molar-refractivity contribution >= 4 is 23.2 Å². The number of anilines is 1. The second-order valence-corrected chi connectivity index (χ2v) is 8.06.